The molecule has 1 amide bonds. The molecule has 23 heavy (non-hydrogen) atoms. The largest absolute Gasteiger partial charge is 0.481 e. The fourth-order valence-corrected chi connectivity index (χ4v) is 3.17. The summed E-state index contributed by atoms with van der Waals surface area (Å²) in [5.41, 5.74) is 7.40. The number of benzene rings is 1. The molecule has 1 aliphatic rings. The first kappa shape index (κ1) is 15.7. The molecule has 1 aromatic heterocycles. The van der Waals surface area contributed by atoms with Gasteiger partial charge in [0, 0.05) is 17.4 Å². The van der Waals surface area contributed by atoms with Gasteiger partial charge in [0.05, 0.1) is 36.2 Å². The number of fused-ring (bicyclic) bond motifs is 1. The molecule has 8 heteroatoms. The smallest absolute Gasteiger partial charge is 0.253 e. The lowest BCUT2D eigenvalue weighted by atomic mass is 10.0. The highest BCUT2D eigenvalue weighted by Gasteiger charge is 2.26. The first-order valence-corrected chi connectivity index (χ1v) is 7.71. The molecular weight excluding hydrogens is 367 g/mol. The molecule has 2 N–H and O–H groups in total. The number of hydrogen-bond donors (Lipinski definition) is 1. The highest BCUT2D eigenvalue weighted by Crippen LogP contribution is 2.33. The molecule has 3 rings (SSSR count). The minimum Gasteiger partial charge on any atom is -0.481 e. The van der Waals surface area contributed by atoms with Crippen LogP contribution in [0.2, 0.25) is 0 Å². The number of aromatic nitrogens is 2. The summed E-state index contributed by atoms with van der Waals surface area (Å²) in [7, 11) is 1.54. The molecule has 0 spiro atoms. The number of carbonyl (C=O) groups excluding carboxylic acids is 1. The Kier molecular flexibility index (Phi) is 4.16. The van der Waals surface area contributed by atoms with Gasteiger partial charge in [0.15, 0.2) is 0 Å². The van der Waals surface area contributed by atoms with Gasteiger partial charge in [-0.15, -0.1) is 0 Å². The summed E-state index contributed by atoms with van der Waals surface area (Å²) in [5, 5.41) is 0. The molecule has 120 valence electrons. The van der Waals surface area contributed by atoms with Gasteiger partial charge in [-0.25, -0.2) is 14.4 Å². The molecule has 1 aliphatic heterocycles. The predicted molar refractivity (Wildman–Crippen MR) is 86.0 cm³/mol. The predicted octanol–water partition coefficient (Wildman–Crippen LogP) is 2.05. The SMILES string of the molecule is COc1ncnc2c1CN(c1cc(Br)cc(F)c1C(N)=O)CC2. The van der Waals surface area contributed by atoms with Crippen LogP contribution in [-0.2, 0) is 13.0 Å². The molecule has 0 unspecified atom stereocenters. The normalized spacial score (nSPS) is 13.6. The number of nitrogens with zero attached hydrogens (tertiary/aromatic N) is 3. The van der Waals surface area contributed by atoms with Crippen molar-refractivity contribution in [3.63, 3.8) is 0 Å². The molecule has 6 nitrogen and oxygen atoms in total. The lowest BCUT2D eigenvalue weighted by molar-refractivity contribution is 0.0997. The topological polar surface area (TPSA) is 81.3 Å². The summed E-state index contributed by atoms with van der Waals surface area (Å²) >= 11 is 3.25. The van der Waals surface area contributed by atoms with Crippen molar-refractivity contribution in [2.45, 2.75) is 13.0 Å². The Hall–Kier alpha value is -2.22. The van der Waals surface area contributed by atoms with Crippen LogP contribution in [0, 0.1) is 5.82 Å². The lowest BCUT2D eigenvalue weighted by Gasteiger charge is -2.31. The molecule has 0 aliphatic carbocycles. The van der Waals surface area contributed by atoms with Gasteiger partial charge in [0.1, 0.15) is 12.1 Å². The fourth-order valence-electron chi connectivity index (χ4n) is 2.75. The van der Waals surface area contributed by atoms with Crippen molar-refractivity contribution >= 4 is 27.5 Å². The molecule has 0 fully saturated rings. The first-order chi connectivity index (χ1) is 11.0. The van der Waals surface area contributed by atoms with Crippen LogP contribution in [0.3, 0.4) is 0 Å². The number of nitrogens with two attached hydrogens (primary N) is 1. The molecule has 0 atom stereocenters. The highest BCUT2D eigenvalue weighted by molar-refractivity contribution is 9.10. The van der Waals surface area contributed by atoms with E-state index in [4.69, 9.17) is 10.5 Å². The second-order valence-corrected chi connectivity index (χ2v) is 6.04. The first-order valence-electron chi connectivity index (χ1n) is 6.91. The Morgan fingerprint density at radius 1 is 1.43 bits per heavy atom. The third-order valence-electron chi connectivity index (χ3n) is 3.78. The molecule has 1 aromatic carbocycles. The Bertz CT molecular complexity index is 770. The summed E-state index contributed by atoms with van der Waals surface area (Å²) in [6.07, 6.45) is 2.10. The summed E-state index contributed by atoms with van der Waals surface area (Å²) in [6, 6.07) is 2.91. The maximum absolute atomic E-state index is 14.2. The Balaban J connectivity index is 2.06. The Labute approximate surface area is 140 Å². The second kappa shape index (κ2) is 6.11. The van der Waals surface area contributed by atoms with E-state index in [0.717, 1.165) is 11.3 Å². The van der Waals surface area contributed by atoms with Crippen LogP contribution in [0.25, 0.3) is 0 Å². The number of primary amides is 1. The van der Waals surface area contributed by atoms with Crippen molar-refractivity contribution in [2.24, 2.45) is 5.73 Å². The van der Waals surface area contributed by atoms with Crippen molar-refractivity contribution in [1.82, 2.24) is 9.97 Å². The van der Waals surface area contributed by atoms with Crippen molar-refractivity contribution in [1.29, 1.82) is 0 Å². The van der Waals surface area contributed by atoms with Crippen LogP contribution in [0.15, 0.2) is 22.9 Å². The van der Waals surface area contributed by atoms with E-state index >= 15 is 0 Å². The van der Waals surface area contributed by atoms with Gasteiger partial charge in [0.2, 0.25) is 5.88 Å². The Morgan fingerprint density at radius 3 is 2.91 bits per heavy atom. The van der Waals surface area contributed by atoms with Gasteiger partial charge in [-0.2, -0.15) is 0 Å². The van der Waals surface area contributed by atoms with Crippen LogP contribution in [0.1, 0.15) is 21.6 Å². The average Bonchev–Trinajstić information content (AvgIpc) is 2.52. The maximum Gasteiger partial charge on any atom is 0.253 e. The standard InChI is InChI=1S/C15H14BrFN4O2/c1-23-15-9-6-21(3-2-11(9)19-7-20-15)12-5-8(16)4-10(17)13(12)14(18)22/h4-5,7H,2-3,6H2,1H3,(H2,18,22). The molecule has 0 radical (unpaired) electrons. The zero-order valence-corrected chi connectivity index (χ0v) is 13.9. The number of carbonyl (C=O) groups is 1. The number of anilines is 1. The third kappa shape index (κ3) is 2.86. The summed E-state index contributed by atoms with van der Waals surface area (Å²) in [5.74, 6) is -0.966. The van der Waals surface area contributed by atoms with Gasteiger partial charge < -0.3 is 15.4 Å². The zero-order chi connectivity index (χ0) is 16.6. The van der Waals surface area contributed by atoms with E-state index in [2.05, 4.69) is 25.9 Å². The third-order valence-corrected chi connectivity index (χ3v) is 4.24. The number of halogens is 2. The van der Waals surface area contributed by atoms with Gasteiger partial charge in [-0.05, 0) is 12.1 Å². The van der Waals surface area contributed by atoms with Crippen LogP contribution < -0.4 is 15.4 Å². The minimum absolute atomic E-state index is 0.118. The van der Waals surface area contributed by atoms with Crippen molar-refractivity contribution < 1.29 is 13.9 Å². The molecular formula is C15H14BrFN4O2. The molecule has 0 saturated heterocycles. The van der Waals surface area contributed by atoms with Crippen LogP contribution in [-0.4, -0.2) is 29.5 Å². The van der Waals surface area contributed by atoms with E-state index < -0.39 is 11.7 Å². The van der Waals surface area contributed by atoms with E-state index in [1.807, 2.05) is 4.90 Å². The van der Waals surface area contributed by atoms with E-state index in [1.165, 1.54) is 19.5 Å². The minimum atomic E-state index is -0.799. The number of rotatable bonds is 3. The van der Waals surface area contributed by atoms with E-state index in [1.54, 1.807) is 6.07 Å². The van der Waals surface area contributed by atoms with E-state index in [-0.39, 0.29) is 5.56 Å². The van der Waals surface area contributed by atoms with Crippen LogP contribution in [0.5, 0.6) is 5.88 Å². The van der Waals surface area contributed by atoms with Gasteiger partial charge in [-0.3, -0.25) is 4.79 Å². The zero-order valence-electron chi connectivity index (χ0n) is 12.3. The fraction of sp³-hybridized carbons (Fsp3) is 0.267. The molecule has 2 heterocycles. The van der Waals surface area contributed by atoms with Gasteiger partial charge in [-0.1, -0.05) is 15.9 Å². The lowest BCUT2D eigenvalue weighted by Crippen LogP contribution is -2.33. The quantitative estimate of drug-likeness (QED) is 0.880. The number of hydrogen-bond acceptors (Lipinski definition) is 5. The number of ether oxygens (including phenoxy) is 1. The number of amides is 1. The highest BCUT2D eigenvalue weighted by atomic mass is 79.9. The van der Waals surface area contributed by atoms with E-state index in [9.17, 15) is 9.18 Å². The molecule has 0 saturated carbocycles. The van der Waals surface area contributed by atoms with Crippen LogP contribution >= 0.6 is 15.9 Å². The van der Waals surface area contributed by atoms with Crippen molar-refractivity contribution in [3.05, 3.63) is 45.6 Å². The van der Waals surface area contributed by atoms with Crippen molar-refractivity contribution in [2.75, 3.05) is 18.6 Å². The Morgan fingerprint density at radius 2 is 2.22 bits per heavy atom. The van der Waals surface area contributed by atoms with Crippen LogP contribution in [0.4, 0.5) is 10.1 Å². The number of methoxy groups -OCH3 is 1. The van der Waals surface area contributed by atoms with E-state index in [0.29, 0.717) is 35.6 Å². The summed E-state index contributed by atoms with van der Waals surface area (Å²) in [4.78, 5) is 21.9. The van der Waals surface area contributed by atoms with Crippen molar-refractivity contribution in [3.8, 4) is 5.88 Å². The van der Waals surface area contributed by atoms with Gasteiger partial charge in [0.25, 0.3) is 5.91 Å². The summed E-state index contributed by atoms with van der Waals surface area (Å²) < 4.78 is 20.0. The summed E-state index contributed by atoms with van der Waals surface area (Å²) in [6.45, 7) is 0.999. The monoisotopic (exact) mass is 380 g/mol. The average molecular weight is 381 g/mol. The second-order valence-electron chi connectivity index (χ2n) is 5.13. The van der Waals surface area contributed by atoms with Gasteiger partial charge >= 0.3 is 0 Å². The molecule has 0 bridgehead atoms. The maximum atomic E-state index is 14.2. The molecule has 2 aromatic rings.